The smallest absolute Gasteiger partial charge is 0.251 e. The predicted molar refractivity (Wildman–Crippen MR) is 66.7 cm³/mol. The van der Waals surface area contributed by atoms with Gasteiger partial charge in [-0.15, -0.1) is 0 Å². The van der Waals surface area contributed by atoms with E-state index in [1.807, 2.05) is 6.92 Å². The zero-order valence-electron chi connectivity index (χ0n) is 11.5. The van der Waals surface area contributed by atoms with E-state index in [1.54, 1.807) is 0 Å². The van der Waals surface area contributed by atoms with E-state index in [2.05, 4.69) is 52.2 Å². The van der Waals surface area contributed by atoms with Gasteiger partial charge in [-0.1, -0.05) is 41.5 Å². The van der Waals surface area contributed by atoms with Gasteiger partial charge in [-0.3, -0.25) is 4.79 Å². The Morgan fingerprint density at radius 1 is 0.938 bits per heavy atom. The van der Waals surface area contributed by atoms with Gasteiger partial charge >= 0.3 is 0 Å². The molecule has 16 heavy (non-hydrogen) atoms. The average molecular weight is 224 g/mol. The first-order chi connectivity index (χ1) is 7.03. The summed E-state index contributed by atoms with van der Waals surface area (Å²) in [4.78, 5) is 12.1. The van der Waals surface area contributed by atoms with Crippen molar-refractivity contribution >= 4 is 5.91 Å². The molecule has 0 spiro atoms. The van der Waals surface area contributed by atoms with Gasteiger partial charge in [0, 0.05) is 16.7 Å². The number of amides is 1. The maximum Gasteiger partial charge on any atom is 0.251 e. The molecule has 0 aromatic rings. The molecule has 0 saturated carbocycles. The minimum atomic E-state index is -0.139. The van der Waals surface area contributed by atoms with Gasteiger partial charge in [0.25, 0.3) is 5.91 Å². The molecule has 1 heterocycles. The molecule has 0 bridgehead atoms. The van der Waals surface area contributed by atoms with Crippen LogP contribution >= 0.6 is 0 Å². The van der Waals surface area contributed by atoms with Crippen molar-refractivity contribution in [2.24, 2.45) is 10.8 Å². The van der Waals surface area contributed by atoms with Crippen LogP contribution in [0.1, 0.15) is 48.5 Å². The molecule has 0 fully saturated rings. The predicted octanol–water partition coefficient (Wildman–Crippen LogP) is 2.40. The molecule has 1 aliphatic heterocycles. The Morgan fingerprint density at radius 3 is 1.81 bits per heavy atom. The number of hydrogen-bond donors (Lipinski definition) is 2. The highest BCUT2D eigenvalue weighted by Gasteiger charge is 2.36. The lowest BCUT2D eigenvalue weighted by Crippen LogP contribution is -2.53. The third-order valence-corrected chi connectivity index (χ3v) is 2.69. The van der Waals surface area contributed by atoms with E-state index in [0.717, 1.165) is 11.3 Å². The van der Waals surface area contributed by atoms with Gasteiger partial charge in [0.2, 0.25) is 0 Å². The highest BCUT2D eigenvalue weighted by molar-refractivity contribution is 5.96. The Morgan fingerprint density at radius 2 is 1.44 bits per heavy atom. The van der Waals surface area contributed by atoms with E-state index < -0.39 is 0 Å². The summed E-state index contributed by atoms with van der Waals surface area (Å²) in [6, 6.07) is 0. The first-order valence-electron chi connectivity index (χ1n) is 5.86. The molecule has 0 saturated heterocycles. The normalized spacial score (nSPS) is 22.9. The minimum absolute atomic E-state index is 0.00725. The second-order valence-corrected chi connectivity index (χ2v) is 6.59. The molecular weight excluding hydrogens is 200 g/mol. The maximum absolute atomic E-state index is 12.1. The molecule has 0 aliphatic carbocycles. The van der Waals surface area contributed by atoms with Crippen molar-refractivity contribution in [1.29, 1.82) is 0 Å². The van der Waals surface area contributed by atoms with Gasteiger partial charge < -0.3 is 10.6 Å². The Kier molecular flexibility index (Phi) is 3.10. The first-order valence-corrected chi connectivity index (χ1v) is 5.86. The number of carbonyl (C=O) groups excluding carboxylic acids is 1. The zero-order chi connectivity index (χ0) is 12.7. The Labute approximate surface area is 98.7 Å². The molecule has 3 heteroatoms. The second-order valence-electron chi connectivity index (χ2n) is 6.59. The quantitative estimate of drug-likeness (QED) is 0.663. The van der Waals surface area contributed by atoms with E-state index in [0.29, 0.717) is 0 Å². The van der Waals surface area contributed by atoms with E-state index >= 15 is 0 Å². The molecule has 1 atom stereocenters. The number of rotatable bonds is 0. The molecule has 1 aliphatic rings. The monoisotopic (exact) mass is 224 g/mol. The van der Waals surface area contributed by atoms with Gasteiger partial charge in [0.05, 0.1) is 6.17 Å². The van der Waals surface area contributed by atoms with E-state index in [-0.39, 0.29) is 22.9 Å². The molecule has 1 amide bonds. The van der Waals surface area contributed by atoms with Gasteiger partial charge in [-0.05, 0) is 12.3 Å². The van der Waals surface area contributed by atoms with Crippen LogP contribution < -0.4 is 10.6 Å². The van der Waals surface area contributed by atoms with E-state index in [4.69, 9.17) is 0 Å². The van der Waals surface area contributed by atoms with Crippen LogP contribution in [0.2, 0.25) is 0 Å². The van der Waals surface area contributed by atoms with Crippen LogP contribution in [0.3, 0.4) is 0 Å². The molecule has 0 radical (unpaired) electrons. The van der Waals surface area contributed by atoms with Crippen molar-refractivity contribution in [2.45, 2.75) is 54.6 Å². The molecule has 0 aromatic carbocycles. The summed E-state index contributed by atoms with van der Waals surface area (Å²) in [5.41, 5.74) is 1.77. The highest BCUT2D eigenvalue weighted by atomic mass is 16.2. The fourth-order valence-corrected chi connectivity index (χ4v) is 2.01. The summed E-state index contributed by atoms with van der Waals surface area (Å²) >= 11 is 0. The average Bonchev–Trinajstić information content (AvgIpc) is 1.97. The number of allylic oxidation sites excluding steroid dienone is 1. The van der Waals surface area contributed by atoms with Gasteiger partial charge in [0.15, 0.2) is 0 Å². The molecule has 1 rings (SSSR count). The number of hydrogen-bond acceptors (Lipinski definition) is 2. The van der Waals surface area contributed by atoms with Crippen LogP contribution in [0.4, 0.5) is 0 Å². The number of carbonyl (C=O) groups is 1. The molecule has 3 nitrogen and oxygen atoms in total. The lowest BCUT2D eigenvalue weighted by atomic mass is 9.77. The first kappa shape index (κ1) is 13.1. The SMILES string of the molecule is CC1NC(=O)C(C(C)(C)C)=C(C(C)(C)C)N1. The third-order valence-electron chi connectivity index (χ3n) is 2.69. The standard InChI is InChI=1S/C13H24N2O/c1-8-14-10(13(5,6)7)9(11(16)15-8)12(2,3)4/h8,14H,1-7H3,(H,15,16). The molecule has 0 aromatic heterocycles. The van der Waals surface area contributed by atoms with Gasteiger partial charge in [-0.25, -0.2) is 0 Å². The maximum atomic E-state index is 12.1. The van der Waals surface area contributed by atoms with Crippen LogP contribution in [-0.4, -0.2) is 12.1 Å². The Bertz CT molecular complexity index is 329. The minimum Gasteiger partial charge on any atom is -0.368 e. The lowest BCUT2D eigenvalue weighted by Gasteiger charge is -2.39. The van der Waals surface area contributed by atoms with Crippen LogP contribution in [0, 0.1) is 10.8 Å². The summed E-state index contributed by atoms with van der Waals surface area (Å²) in [6.07, 6.45) is 0.00725. The summed E-state index contributed by atoms with van der Waals surface area (Å²) in [5.74, 6) is 0.0590. The third kappa shape index (κ3) is 2.57. The molecule has 92 valence electrons. The fourth-order valence-electron chi connectivity index (χ4n) is 2.01. The van der Waals surface area contributed by atoms with Crippen LogP contribution in [0.15, 0.2) is 11.3 Å². The molecular formula is C13H24N2O. The van der Waals surface area contributed by atoms with Crippen molar-refractivity contribution in [1.82, 2.24) is 10.6 Å². The van der Waals surface area contributed by atoms with Crippen LogP contribution in [0.25, 0.3) is 0 Å². The zero-order valence-corrected chi connectivity index (χ0v) is 11.5. The fraction of sp³-hybridized carbons (Fsp3) is 0.769. The number of nitrogens with one attached hydrogen (secondary N) is 2. The largest absolute Gasteiger partial charge is 0.368 e. The Balaban J connectivity index is 3.34. The van der Waals surface area contributed by atoms with Crippen molar-refractivity contribution in [3.63, 3.8) is 0 Å². The highest BCUT2D eigenvalue weighted by Crippen LogP contribution is 2.36. The van der Waals surface area contributed by atoms with E-state index in [9.17, 15) is 4.79 Å². The summed E-state index contributed by atoms with van der Waals surface area (Å²) < 4.78 is 0. The summed E-state index contributed by atoms with van der Waals surface area (Å²) in [6.45, 7) is 14.6. The van der Waals surface area contributed by atoms with Crippen molar-refractivity contribution in [2.75, 3.05) is 0 Å². The van der Waals surface area contributed by atoms with Crippen molar-refractivity contribution < 1.29 is 4.79 Å². The molecule has 2 N–H and O–H groups in total. The topological polar surface area (TPSA) is 41.1 Å². The van der Waals surface area contributed by atoms with E-state index in [1.165, 1.54) is 0 Å². The molecule has 1 unspecified atom stereocenters. The second kappa shape index (κ2) is 3.79. The lowest BCUT2D eigenvalue weighted by molar-refractivity contribution is -0.120. The summed E-state index contributed by atoms with van der Waals surface area (Å²) in [7, 11) is 0. The van der Waals surface area contributed by atoms with Gasteiger partial charge in [-0.2, -0.15) is 0 Å². The van der Waals surface area contributed by atoms with Gasteiger partial charge in [0.1, 0.15) is 0 Å². The van der Waals surface area contributed by atoms with Crippen LogP contribution in [-0.2, 0) is 4.79 Å². The van der Waals surface area contributed by atoms with Crippen molar-refractivity contribution in [3.8, 4) is 0 Å². The van der Waals surface area contributed by atoms with Crippen LogP contribution in [0.5, 0.6) is 0 Å². The Hall–Kier alpha value is -0.990. The summed E-state index contributed by atoms with van der Waals surface area (Å²) in [5, 5.41) is 6.32. The van der Waals surface area contributed by atoms with Crippen molar-refractivity contribution in [3.05, 3.63) is 11.3 Å².